The third kappa shape index (κ3) is 5.95. The van der Waals surface area contributed by atoms with Gasteiger partial charge in [0, 0.05) is 20.0 Å². The number of carbonyl (C=O) groups is 3. The minimum Gasteiger partial charge on any atom is -0.480 e. The van der Waals surface area contributed by atoms with Gasteiger partial charge in [0.15, 0.2) is 0 Å². The van der Waals surface area contributed by atoms with E-state index in [0.717, 1.165) is 16.7 Å². The summed E-state index contributed by atoms with van der Waals surface area (Å²) < 4.78 is 0. The van der Waals surface area contributed by atoms with Gasteiger partial charge in [0.25, 0.3) is 0 Å². The monoisotopic (exact) mass is 368 g/mol. The predicted octanol–water partition coefficient (Wildman–Crippen LogP) is 2.33. The number of carboxylic acid groups (broad SMARTS) is 1. The van der Waals surface area contributed by atoms with E-state index in [0.29, 0.717) is 0 Å². The zero-order chi connectivity index (χ0) is 19.8. The number of carbonyl (C=O) groups excluding carboxylic acids is 2. The van der Waals surface area contributed by atoms with Crippen molar-refractivity contribution in [2.45, 2.75) is 26.3 Å². The van der Waals surface area contributed by atoms with E-state index >= 15 is 0 Å². The molecule has 1 unspecified atom stereocenters. The van der Waals surface area contributed by atoms with E-state index in [4.69, 9.17) is 0 Å². The van der Waals surface area contributed by atoms with Gasteiger partial charge in [0.2, 0.25) is 11.8 Å². The van der Waals surface area contributed by atoms with Gasteiger partial charge in [-0.2, -0.15) is 0 Å². The molecule has 0 spiro atoms. The van der Waals surface area contributed by atoms with Crippen LogP contribution in [0.5, 0.6) is 0 Å². The third-order valence-corrected chi connectivity index (χ3v) is 4.29. The minimum absolute atomic E-state index is 0.104. The molecule has 0 aliphatic heterocycles. The van der Waals surface area contributed by atoms with Crippen LogP contribution in [-0.4, -0.2) is 46.9 Å². The van der Waals surface area contributed by atoms with Gasteiger partial charge in [0.05, 0.1) is 6.42 Å². The summed E-state index contributed by atoms with van der Waals surface area (Å²) in [4.78, 5) is 36.2. The Morgan fingerprint density at radius 2 is 1.59 bits per heavy atom. The van der Waals surface area contributed by atoms with Gasteiger partial charge in [-0.1, -0.05) is 54.6 Å². The molecule has 1 atom stereocenters. The highest BCUT2D eigenvalue weighted by Gasteiger charge is 2.25. The molecule has 0 saturated heterocycles. The first kappa shape index (κ1) is 20.2. The van der Waals surface area contributed by atoms with Crippen molar-refractivity contribution in [3.8, 4) is 11.1 Å². The van der Waals surface area contributed by atoms with Crippen LogP contribution in [0.3, 0.4) is 0 Å². The van der Waals surface area contributed by atoms with Crippen LogP contribution in [0.1, 0.15) is 19.4 Å². The maximum absolute atomic E-state index is 12.6. The normalized spacial score (nSPS) is 11.5. The van der Waals surface area contributed by atoms with Crippen molar-refractivity contribution in [1.82, 2.24) is 10.2 Å². The lowest BCUT2D eigenvalue weighted by molar-refractivity contribution is -0.149. The molecule has 2 amide bonds. The summed E-state index contributed by atoms with van der Waals surface area (Å²) in [5.74, 6) is -1.59. The van der Waals surface area contributed by atoms with Gasteiger partial charge in [-0.15, -0.1) is 0 Å². The quantitative estimate of drug-likeness (QED) is 0.749. The Balaban J connectivity index is 2.06. The molecule has 2 rings (SSSR count). The Morgan fingerprint density at radius 3 is 2.15 bits per heavy atom. The van der Waals surface area contributed by atoms with Crippen LogP contribution in [-0.2, 0) is 20.8 Å². The average molecular weight is 368 g/mol. The van der Waals surface area contributed by atoms with E-state index in [1.54, 1.807) is 0 Å². The van der Waals surface area contributed by atoms with E-state index in [1.165, 1.54) is 18.7 Å². The topological polar surface area (TPSA) is 86.7 Å². The fraction of sp³-hybridized carbons (Fsp3) is 0.286. The number of amides is 2. The van der Waals surface area contributed by atoms with Crippen LogP contribution in [0.4, 0.5) is 0 Å². The molecule has 0 saturated carbocycles. The van der Waals surface area contributed by atoms with Crippen molar-refractivity contribution in [2.24, 2.45) is 0 Å². The van der Waals surface area contributed by atoms with Crippen LogP contribution in [0.2, 0.25) is 0 Å². The Bertz CT molecular complexity index is 788. The van der Waals surface area contributed by atoms with Crippen molar-refractivity contribution >= 4 is 17.8 Å². The molecule has 2 N–H and O–H groups in total. The Hall–Kier alpha value is -3.15. The highest BCUT2D eigenvalue weighted by atomic mass is 16.4. The second-order valence-electron chi connectivity index (χ2n) is 6.32. The fourth-order valence-corrected chi connectivity index (χ4v) is 2.74. The number of carboxylic acids is 1. The van der Waals surface area contributed by atoms with E-state index in [1.807, 2.05) is 54.6 Å². The number of benzene rings is 2. The van der Waals surface area contributed by atoms with Gasteiger partial charge in [-0.05, 0) is 23.6 Å². The van der Waals surface area contributed by atoms with Gasteiger partial charge in [-0.3, -0.25) is 9.59 Å². The predicted molar refractivity (Wildman–Crippen MR) is 103 cm³/mol. The Morgan fingerprint density at radius 1 is 1.00 bits per heavy atom. The summed E-state index contributed by atoms with van der Waals surface area (Å²) in [6.07, 6.45) is 0.104. The number of hydrogen-bond acceptors (Lipinski definition) is 3. The van der Waals surface area contributed by atoms with Crippen LogP contribution >= 0.6 is 0 Å². The molecule has 27 heavy (non-hydrogen) atoms. The summed E-state index contributed by atoms with van der Waals surface area (Å²) in [5, 5.41) is 11.8. The first-order valence-electron chi connectivity index (χ1n) is 8.79. The third-order valence-electron chi connectivity index (χ3n) is 4.29. The first-order chi connectivity index (χ1) is 12.9. The molecule has 6 nitrogen and oxygen atoms in total. The van der Waals surface area contributed by atoms with Crippen LogP contribution < -0.4 is 5.32 Å². The molecule has 2 aromatic carbocycles. The number of rotatable bonds is 8. The lowest BCUT2D eigenvalue weighted by Crippen LogP contribution is -2.47. The maximum Gasteiger partial charge on any atom is 0.326 e. The average Bonchev–Trinajstić information content (AvgIpc) is 2.65. The molecule has 0 aromatic heterocycles. The molecule has 2 aromatic rings. The second-order valence-corrected chi connectivity index (χ2v) is 6.32. The van der Waals surface area contributed by atoms with Crippen molar-refractivity contribution in [1.29, 1.82) is 0 Å². The highest BCUT2D eigenvalue weighted by molar-refractivity contribution is 5.85. The molecular weight excluding hydrogens is 344 g/mol. The summed E-state index contributed by atoms with van der Waals surface area (Å²) in [7, 11) is 0. The van der Waals surface area contributed by atoms with Crippen molar-refractivity contribution in [3.05, 3.63) is 60.2 Å². The molecule has 0 heterocycles. The van der Waals surface area contributed by atoms with E-state index < -0.39 is 12.0 Å². The maximum atomic E-state index is 12.6. The number of nitrogens with one attached hydrogen (secondary N) is 1. The number of hydrogen-bond donors (Lipinski definition) is 2. The summed E-state index contributed by atoms with van der Waals surface area (Å²) >= 11 is 0. The van der Waals surface area contributed by atoms with Crippen molar-refractivity contribution < 1.29 is 19.5 Å². The Labute approximate surface area is 158 Å². The van der Waals surface area contributed by atoms with Crippen LogP contribution in [0, 0.1) is 0 Å². The highest BCUT2D eigenvalue weighted by Crippen LogP contribution is 2.19. The van der Waals surface area contributed by atoms with E-state index in [2.05, 4.69) is 5.32 Å². The van der Waals surface area contributed by atoms with E-state index in [9.17, 15) is 19.5 Å². The minimum atomic E-state index is -1.08. The first-order valence-corrected chi connectivity index (χ1v) is 8.79. The smallest absolute Gasteiger partial charge is 0.326 e. The lowest BCUT2D eigenvalue weighted by Gasteiger charge is -2.26. The molecular formula is C21H24N2O4. The van der Waals surface area contributed by atoms with Gasteiger partial charge in [-0.25, -0.2) is 4.79 Å². The number of aliphatic carboxylic acids is 1. The standard InChI is InChI=1S/C21H24N2O4/c1-15(21(26)27)23(13-12-22-16(2)24)20(25)14-17-8-10-19(11-9-17)18-6-4-3-5-7-18/h3-11,15H,12-14H2,1-2H3,(H,22,24)(H,26,27). The summed E-state index contributed by atoms with van der Waals surface area (Å²) in [5.41, 5.74) is 2.95. The van der Waals surface area contributed by atoms with Gasteiger partial charge >= 0.3 is 5.97 Å². The van der Waals surface area contributed by atoms with Gasteiger partial charge < -0.3 is 15.3 Å². The Kier molecular flexibility index (Phi) is 7.11. The fourth-order valence-electron chi connectivity index (χ4n) is 2.74. The number of nitrogens with zero attached hydrogens (tertiary/aromatic N) is 1. The lowest BCUT2D eigenvalue weighted by atomic mass is 10.0. The van der Waals surface area contributed by atoms with Crippen LogP contribution in [0.15, 0.2) is 54.6 Å². The molecule has 0 radical (unpaired) electrons. The molecule has 0 bridgehead atoms. The largest absolute Gasteiger partial charge is 0.480 e. The zero-order valence-corrected chi connectivity index (χ0v) is 15.5. The van der Waals surface area contributed by atoms with Gasteiger partial charge in [0.1, 0.15) is 6.04 Å². The van der Waals surface area contributed by atoms with Crippen molar-refractivity contribution in [2.75, 3.05) is 13.1 Å². The molecule has 0 aliphatic rings. The molecule has 142 valence electrons. The summed E-state index contributed by atoms with van der Waals surface area (Å²) in [6.45, 7) is 3.20. The molecule has 0 fully saturated rings. The molecule has 6 heteroatoms. The van der Waals surface area contributed by atoms with E-state index in [-0.39, 0.29) is 31.3 Å². The SMILES string of the molecule is CC(=O)NCCN(C(=O)Cc1ccc(-c2ccccc2)cc1)C(C)C(=O)O. The second kappa shape index (κ2) is 9.52. The molecule has 0 aliphatic carbocycles. The van der Waals surface area contributed by atoms with Crippen LogP contribution in [0.25, 0.3) is 11.1 Å². The summed E-state index contributed by atoms with van der Waals surface area (Å²) in [6, 6.07) is 16.6. The van der Waals surface area contributed by atoms with Crippen molar-refractivity contribution in [3.63, 3.8) is 0 Å². The zero-order valence-electron chi connectivity index (χ0n) is 15.5.